The SMILES string of the molecule is CCNC(=NCC(O)c1ccc(OC)c(OC)c1)N1CCN(CC(C)C)CC1. The van der Waals surface area contributed by atoms with E-state index in [2.05, 4.69) is 40.9 Å². The molecule has 0 radical (unpaired) electrons. The number of aliphatic hydroxyl groups excluding tert-OH is 1. The predicted octanol–water partition coefficient (Wildman–Crippen LogP) is 1.98. The van der Waals surface area contributed by atoms with Crippen molar-refractivity contribution < 1.29 is 14.6 Å². The van der Waals surface area contributed by atoms with Crippen LogP contribution in [0.4, 0.5) is 0 Å². The molecule has 1 heterocycles. The third kappa shape index (κ3) is 6.27. The van der Waals surface area contributed by atoms with Gasteiger partial charge in [0.25, 0.3) is 0 Å². The Morgan fingerprint density at radius 1 is 1.14 bits per heavy atom. The molecule has 7 nitrogen and oxygen atoms in total. The van der Waals surface area contributed by atoms with Crippen molar-refractivity contribution in [2.24, 2.45) is 10.9 Å². The molecular weight excluding hydrogens is 356 g/mol. The second-order valence-electron chi connectivity index (χ2n) is 7.51. The van der Waals surface area contributed by atoms with E-state index in [9.17, 15) is 5.11 Å². The molecule has 1 saturated heterocycles. The third-order valence-corrected chi connectivity index (χ3v) is 4.84. The highest BCUT2D eigenvalue weighted by Gasteiger charge is 2.20. The van der Waals surface area contributed by atoms with Gasteiger partial charge >= 0.3 is 0 Å². The van der Waals surface area contributed by atoms with Crippen LogP contribution in [0.3, 0.4) is 0 Å². The lowest BCUT2D eigenvalue weighted by Gasteiger charge is -2.37. The number of ether oxygens (including phenoxy) is 2. The summed E-state index contributed by atoms with van der Waals surface area (Å²) in [5.41, 5.74) is 0.763. The molecule has 1 aromatic rings. The molecule has 158 valence electrons. The van der Waals surface area contributed by atoms with Gasteiger partial charge in [-0.05, 0) is 30.5 Å². The number of rotatable bonds is 8. The summed E-state index contributed by atoms with van der Waals surface area (Å²) in [6.07, 6.45) is -0.698. The lowest BCUT2D eigenvalue weighted by molar-refractivity contribution is 0.162. The first-order chi connectivity index (χ1) is 13.5. The average molecular weight is 393 g/mol. The lowest BCUT2D eigenvalue weighted by Crippen LogP contribution is -2.53. The van der Waals surface area contributed by atoms with E-state index in [0.29, 0.717) is 24.0 Å². The minimum absolute atomic E-state index is 0.296. The van der Waals surface area contributed by atoms with Gasteiger partial charge in [0.2, 0.25) is 0 Å². The summed E-state index contributed by atoms with van der Waals surface area (Å²) in [6, 6.07) is 5.45. The molecule has 2 N–H and O–H groups in total. The topological polar surface area (TPSA) is 69.6 Å². The highest BCUT2D eigenvalue weighted by atomic mass is 16.5. The molecule has 1 unspecified atom stereocenters. The molecule has 0 spiro atoms. The van der Waals surface area contributed by atoms with Crippen molar-refractivity contribution in [3.8, 4) is 11.5 Å². The van der Waals surface area contributed by atoms with E-state index < -0.39 is 6.10 Å². The van der Waals surface area contributed by atoms with Crippen LogP contribution in [-0.2, 0) is 0 Å². The molecule has 0 aromatic heterocycles. The lowest BCUT2D eigenvalue weighted by atomic mass is 10.1. The smallest absolute Gasteiger partial charge is 0.194 e. The monoisotopic (exact) mass is 392 g/mol. The van der Waals surface area contributed by atoms with Crippen LogP contribution in [0.15, 0.2) is 23.2 Å². The quantitative estimate of drug-likeness (QED) is 0.521. The molecule has 28 heavy (non-hydrogen) atoms. The zero-order chi connectivity index (χ0) is 20.5. The Morgan fingerprint density at radius 2 is 1.82 bits per heavy atom. The molecule has 0 aliphatic carbocycles. The fourth-order valence-electron chi connectivity index (χ4n) is 3.42. The summed E-state index contributed by atoms with van der Waals surface area (Å²) in [4.78, 5) is 9.47. The van der Waals surface area contributed by atoms with E-state index in [4.69, 9.17) is 9.47 Å². The molecule has 1 aliphatic rings. The first-order valence-electron chi connectivity index (χ1n) is 10.1. The summed E-state index contributed by atoms with van der Waals surface area (Å²) in [5, 5.41) is 14.0. The Labute approximate surface area is 169 Å². The summed E-state index contributed by atoms with van der Waals surface area (Å²) in [7, 11) is 3.19. The summed E-state index contributed by atoms with van der Waals surface area (Å²) in [6.45, 7) is 12.8. The van der Waals surface area contributed by atoms with E-state index in [1.54, 1.807) is 26.4 Å². The van der Waals surface area contributed by atoms with Gasteiger partial charge in [0.15, 0.2) is 17.5 Å². The van der Waals surface area contributed by atoms with Crippen molar-refractivity contribution in [3.63, 3.8) is 0 Å². The fourth-order valence-corrected chi connectivity index (χ4v) is 3.42. The summed E-state index contributed by atoms with van der Waals surface area (Å²) < 4.78 is 10.6. The van der Waals surface area contributed by atoms with Crippen molar-refractivity contribution in [3.05, 3.63) is 23.8 Å². The van der Waals surface area contributed by atoms with Gasteiger partial charge in [-0.1, -0.05) is 19.9 Å². The normalized spacial score (nSPS) is 17.0. The molecule has 0 amide bonds. The van der Waals surface area contributed by atoms with Gasteiger partial charge in [-0.15, -0.1) is 0 Å². The van der Waals surface area contributed by atoms with E-state index in [1.165, 1.54) is 0 Å². The fraction of sp³-hybridized carbons (Fsp3) is 0.667. The van der Waals surface area contributed by atoms with E-state index in [0.717, 1.165) is 50.8 Å². The zero-order valence-corrected chi connectivity index (χ0v) is 17.9. The first-order valence-corrected chi connectivity index (χ1v) is 10.1. The van der Waals surface area contributed by atoms with Crippen molar-refractivity contribution in [1.82, 2.24) is 15.1 Å². The van der Waals surface area contributed by atoms with E-state index in [-0.39, 0.29) is 0 Å². The number of nitrogens with zero attached hydrogens (tertiary/aromatic N) is 3. The Morgan fingerprint density at radius 3 is 2.39 bits per heavy atom. The van der Waals surface area contributed by atoms with Crippen molar-refractivity contribution in [2.75, 3.05) is 60.0 Å². The Kier molecular flexibility index (Phi) is 8.86. The van der Waals surface area contributed by atoms with Crippen LogP contribution < -0.4 is 14.8 Å². The van der Waals surface area contributed by atoms with Crippen molar-refractivity contribution in [2.45, 2.75) is 26.9 Å². The van der Waals surface area contributed by atoms with Crippen LogP contribution in [0.1, 0.15) is 32.4 Å². The Bertz CT molecular complexity index is 628. The maximum atomic E-state index is 10.6. The largest absolute Gasteiger partial charge is 0.493 e. The molecule has 1 aromatic carbocycles. The standard InChI is InChI=1S/C21H36N4O3/c1-6-22-21(25-11-9-24(10-12-25)15-16(2)3)23-14-18(26)17-7-8-19(27-4)20(13-17)28-5/h7-8,13,16,18,26H,6,9-12,14-15H2,1-5H3,(H,22,23). The highest BCUT2D eigenvalue weighted by Crippen LogP contribution is 2.30. The van der Waals surface area contributed by atoms with E-state index >= 15 is 0 Å². The number of aliphatic hydroxyl groups is 1. The van der Waals surface area contributed by atoms with Gasteiger partial charge in [-0.2, -0.15) is 0 Å². The maximum absolute atomic E-state index is 10.6. The number of benzene rings is 1. The zero-order valence-electron chi connectivity index (χ0n) is 17.9. The van der Waals surface area contributed by atoms with Crippen LogP contribution in [-0.4, -0.2) is 80.9 Å². The highest BCUT2D eigenvalue weighted by molar-refractivity contribution is 5.80. The molecule has 0 bridgehead atoms. The second kappa shape index (κ2) is 11.1. The average Bonchev–Trinajstić information content (AvgIpc) is 2.70. The van der Waals surface area contributed by atoms with Crippen LogP contribution >= 0.6 is 0 Å². The maximum Gasteiger partial charge on any atom is 0.194 e. The Balaban J connectivity index is 2.00. The number of guanidine groups is 1. The molecule has 1 fully saturated rings. The van der Waals surface area contributed by atoms with Gasteiger partial charge in [0.1, 0.15) is 0 Å². The van der Waals surface area contributed by atoms with Crippen LogP contribution in [0.2, 0.25) is 0 Å². The number of hydrogen-bond donors (Lipinski definition) is 2. The minimum Gasteiger partial charge on any atom is -0.493 e. The van der Waals surface area contributed by atoms with Crippen molar-refractivity contribution in [1.29, 1.82) is 0 Å². The number of piperazine rings is 1. The number of hydrogen-bond acceptors (Lipinski definition) is 5. The van der Waals surface area contributed by atoms with Gasteiger partial charge in [0.05, 0.1) is 26.9 Å². The first kappa shape index (κ1) is 22.3. The predicted molar refractivity (Wildman–Crippen MR) is 113 cm³/mol. The summed E-state index contributed by atoms with van der Waals surface area (Å²) >= 11 is 0. The van der Waals surface area contributed by atoms with Crippen LogP contribution in [0.25, 0.3) is 0 Å². The third-order valence-electron chi connectivity index (χ3n) is 4.84. The van der Waals surface area contributed by atoms with Gasteiger partial charge in [-0.3, -0.25) is 9.89 Å². The number of methoxy groups -OCH3 is 2. The Hall–Kier alpha value is -1.99. The molecule has 1 aliphatic heterocycles. The van der Waals surface area contributed by atoms with Gasteiger partial charge in [0, 0.05) is 39.3 Å². The van der Waals surface area contributed by atoms with Crippen molar-refractivity contribution >= 4 is 5.96 Å². The summed E-state index contributed by atoms with van der Waals surface area (Å²) in [5.74, 6) is 2.81. The number of aliphatic imine (C=N–C) groups is 1. The second-order valence-corrected chi connectivity index (χ2v) is 7.51. The van der Waals surface area contributed by atoms with Crippen LogP contribution in [0.5, 0.6) is 11.5 Å². The number of nitrogens with one attached hydrogen (secondary N) is 1. The molecule has 7 heteroatoms. The molecule has 2 rings (SSSR count). The molecule has 1 atom stereocenters. The molecular formula is C21H36N4O3. The van der Waals surface area contributed by atoms with Gasteiger partial charge < -0.3 is 24.8 Å². The van der Waals surface area contributed by atoms with Crippen LogP contribution in [0, 0.1) is 5.92 Å². The van der Waals surface area contributed by atoms with Gasteiger partial charge in [-0.25, -0.2) is 0 Å². The van der Waals surface area contributed by atoms with E-state index in [1.807, 2.05) is 6.07 Å². The molecule has 0 saturated carbocycles. The minimum atomic E-state index is -0.698.